The van der Waals surface area contributed by atoms with Gasteiger partial charge in [0.2, 0.25) is 0 Å². The Bertz CT molecular complexity index is 315. The molecule has 17 heavy (non-hydrogen) atoms. The smallest absolute Gasteiger partial charge is 0.123 e. The molecule has 0 saturated carbocycles. The number of unbranched alkanes of at least 4 members (excludes halogenated alkanes) is 3. The van der Waals surface area contributed by atoms with Crippen LogP contribution in [0, 0.1) is 0 Å². The minimum absolute atomic E-state index is 0.321. The second kappa shape index (κ2) is 8.07. The highest BCUT2D eigenvalue weighted by molar-refractivity contribution is 5.31. The number of aromatic nitrogens is 1. The summed E-state index contributed by atoms with van der Waals surface area (Å²) in [7, 11) is 0. The molecule has 0 aliphatic carbocycles. The molecular formula is C14H24N2O. The molecule has 0 fully saturated rings. The van der Waals surface area contributed by atoms with E-state index < -0.39 is 0 Å². The Kier molecular flexibility index (Phi) is 6.63. The van der Waals surface area contributed by atoms with Gasteiger partial charge in [-0.1, -0.05) is 32.6 Å². The van der Waals surface area contributed by atoms with Crippen LogP contribution in [-0.2, 0) is 11.3 Å². The fourth-order valence-electron chi connectivity index (χ4n) is 1.76. The zero-order valence-electron chi connectivity index (χ0n) is 11.0. The van der Waals surface area contributed by atoms with Crippen LogP contribution in [0.1, 0.15) is 51.5 Å². The van der Waals surface area contributed by atoms with Gasteiger partial charge in [-0.3, -0.25) is 0 Å². The van der Waals surface area contributed by atoms with Gasteiger partial charge in [-0.05, 0) is 31.0 Å². The van der Waals surface area contributed by atoms with Crippen LogP contribution in [-0.4, -0.2) is 11.1 Å². The first-order valence-corrected chi connectivity index (χ1v) is 6.54. The van der Waals surface area contributed by atoms with E-state index in [-0.39, 0.29) is 0 Å². The van der Waals surface area contributed by atoms with E-state index in [9.17, 15) is 0 Å². The number of anilines is 1. The van der Waals surface area contributed by atoms with Crippen molar-refractivity contribution < 1.29 is 4.74 Å². The lowest BCUT2D eigenvalue weighted by Crippen LogP contribution is -2.08. The summed E-state index contributed by atoms with van der Waals surface area (Å²) in [5, 5.41) is 0. The first-order chi connectivity index (χ1) is 8.22. The van der Waals surface area contributed by atoms with E-state index in [1.54, 1.807) is 6.20 Å². The van der Waals surface area contributed by atoms with E-state index in [0.717, 1.165) is 12.0 Å². The highest BCUT2D eigenvalue weighted by Gasteiger charge is 2.03. The summed E-state index contributed by atoms with van der Waals surface area (Å²) in [6, 6.07) is 3.81. The average molecular weight is 236 g/mol. The number of nitrogens with zero attached hydrogens (tertiary/aromatic N) is 1. The summed E-state index contributed by atoms with van der Waals surface area (Å²) in [6.07, 6.45) is 8.36. The second-order valence-electron chi connectivity index (χ2n) is 4.56. The Morgan fingerprint density at radius 1 is 1.35 bits per heavy atom. The lowest BCUT2D eigenvalue weighted by atomic mass is 10.1. The molecule has 2 N–H and O–H groups in total. The van der Waals surface area contributed by atoms with Crippen molar-refractivity contribution in [2.45, 2.75) is 58.7 Å². The lowest BCUT2D eigenvalue weighted by molar-refractivity contribution is 0.0459. The normalized spacial score (nSPS) is 12.6. The van der Waals surface area contributed by atoms with Crippen LogP contribution in [0.2, 0.25) is 0 Å². The van der Waals surface area contributed by atoms with Crippen LogP contribution >= 0.6 is 0 Å². The van der Waals surface area contributed by atoms with Crippen molar-refractivity contribution >= 4 is 5.82 Å². The zero-order chi connectivity index (χ0) is 12.5. The molecule has 96 valence electrons. The maximum absolute atomic E-state index is 5.78. The first-order valence-electron chi connectivity index (χ1n) is 6.54. The number of hydrogen-bond acceptors (Lipinski definition) is 3. The van der Waals surface area contributed by atoms with Gasteiger partial charge < -0.3 is 10.5 Å². The van der Waals surface area contributed by atoms with E-state index >= 15 is 0 Å². The van der Waals surface area contributed by atoms with Crippen LogP contribution in [0.25, 0.3) is 0 Å². The van der Waals surface area contributed by atoms with E-state index in [4.69, 9.17) is 10.5 Å². The molecule has 1 heterocycles. The monoisotopic (exact) mass is 236 g/mol. The zero-order valence-corrected chi connectivity index (χ0v) is 11.0. The van der Waals surface area contributed by atoms with Crippen LogP contribution in [0.3, 0.4) is 0 Å². The van der Waals surface area contributed by atoms with Gasteiger partial charge in [0.05, 0.1) is 12.7 Å². The molecule has 0 aromatic carbocycles. The Morgan fingerprint density at radius 2 is 2.18 bits per heavy atom. The predicted octanol–water partition coefficient (Wildman–Crippen LogP) is 3.54. The number of nitrogens with two attached hydrogens (primary N) is 1. The highest BCUT2D eigenvalue weighted by Crippen LogP contribution is 2.11. The minimum Gasteiger partial charge on any atom is -0.384 e. The molecule has 0 amide bonds. The van der Waals surface area contributed by atoms with Crippen molar-refractivity contribution in [1.29, 1.82) is 0 Å². The van der Waals surface area contributed by atoms with Crippen molar-refractivity contribution in [3.8, 4) is 0 Å². The van der Waals surface area contributed by atoms with Crippen LogP contribution in [0.15, 0.2) is 18.3 Å². The number of ether oxygens (including phenoxy) is 1. The van der Waals surface area contributed by atoms with Crippen LogP contribution in [0.4, 0.5) is 5.82 Å². The second-order valence-corrected chi connectivity index (χ2v) is 4.56. The topological polar surface area (TPSA) is 48.1 Å². The van der Waals surface area contributed by atoms with Crippen LogP contribution in [0.5, 0.6) is 0 Å². The molecule has 3 heteroatoms. The summed E-state index contributed by atoms with van der Waals surface area (Å²) in [6.45, 7) is 4.99. The van der Waals surface area contributed by atoms with Gasteiger partial charge in [0.1, 0.15) is 5.82 Å². The Balaban J connectivity index is 2.17. The van der Waals surface area contributed by atoms with Crippen molar-refractivity contribution in [2.24, 2.45) is 0 Å². The third-order valence-electron chi connectivity index (χ3n) is 2.84. The molecule has 0 saturated heterocycles. The average Bonchev–Trinajstić information content (AvgIpc) is 2.32. The van der Waals surface area contributed by atoms with Gasteiger partial charge in [0.15, 0.2) is 0 Å². The van der Waals surface area contributed by atoms with Gasteiger partial charge in [0.25, 0.3) is 0 Å². The summed E-state index contributed by atoms with van der Waals surface area (Å²) in [5.74, 6) is 0.557. The van der Waals surface area contributed by atoms with E-state index in [1.807, 2.05) is 12.1 Å². The van der Waals surface area contributed by atoms with Crippen molar-refractivity contribution in [3.05, 3.63) is 23.9 Å². The molecule has 0 radical (unpaired) electrons. The Hall–Kier alpha value is -1.09. The number of nitrogen functional groups attached to an aromatic ring is 1. The number of pyridine rings is 1. The fraction of sp³-hybridized carbons (Fsp3) is 0.643. The number of rotatable bonds is 8. The summed E-state index contributed by atoms with van der Waals surface area (Å²) < 4.78 is 5.78. The molecule has 1 rings (SSSR count). The van der Waals surface area contributed by atoms with Gasteiger partial charge in [-0.2, -0.15) is 0 Å². The minimum atomic E-state index is 0.321. The molecule has 0 bridgehead atoms. The largest absolute Gasteiger partial charge is 0.384 e. The van der Waals surface area contributed by atoms with Gasteiger partial charge >= 0.3 is 0 Å². The summed E-state index contributed by atoms with van der Waals surface area (Å²) in [4.78, 5) is 3.96. The molecular weight excluding hydrogens is 212 g/mol. The van der Waals surface area contributed by atoms with Crippen molar-refractivity contribution in [1.82, 2.24) is 4.98 Å². The molecule has 0 aliphatic heterocycles. The van der Waals surface area contributed by atoms with Crippen molar-refractivity contribution in [2.75, 3.05) is 5.73 Å². The molecule has 0 aliphatic rings. The quantitative estimate of drug-likeness (QED) is 0.702. The third-order valence-corrected chi connectivity index (χ3v) is 2.84. The molecule has 1 atom stereocenters. The lowest BCUT2D eigenvalue weighted by Gasteiger charge is -2.13. The van der Waals surface area contributed by atoms with Gasteiger partial charge in [-0.25, -0.2) is 4.98 Å². The fourth-order valence-corrected chi connectivity index (χ4v) is 1.76. The highest BCUT2D eigenvalue weighted by atomic mass is 16.5. The molecule has 1 aromatic heterocycles. The van der Waals surface area contributed by atoms with E-state index in [0.29, 0.717) is 18.5 Å². The maximum Gasteiger partial charge on any atom is 0.123 e. The standard InChI is InChI=1S/C14H24N2O/c1-3-4-5-6-7-12(2)17-11-13-8-9-16-14(15)10-13/h8-10,12H,3-7,11H2,1-2H3,(H2,15,16). The van der Waals surface area contributed by atoms with Crippen molar-refractivity contribution in [3.63, 3.8) is 0 Å². The van der Waals surface area contributed by atoms with Gasteiger partial charge in [0, 0.05) is 6.20 Å². The SMILES string of the molecule is CCCCCCC(C)OCc1ccnc(N)c1. The maximum atomic E-state index is 5.78. The van der Waals surface area contributed by atoms with Gasteiger partial charge in [-0.15, -0.1) is 0 Å². The molecule has 3 nitrogen and oxygen atoms in total. The Labute approximate surface area is 104 Å². The molecule has 1 aromatic rings. The van der Waals surface area contributed by atoms with E-state index in [2.05, 4.69) is 18.8 Å². The number of hydrogen-bond donors (Lipinski definition) is 1. The molecule has 0 spiro atoms. The molecule has 1 unspecified atom stereocenters. The summed E-state index contributed by atoms with van der Waals surface area (Å²) in [5.41, 5.74) is 6.71. The van der Waals surface area contributed by atoms with Crippen LogP contribution < -0.4 is 5.73 Å². The Morgan fingerprint density at radius 3 is 2.88 bits per heavy atom. The third kappa shape index (κ3) is 6.27. The predicted molar refractivity (Wildman–Crippen MR) is 71.7 cm³/mol. The first kappa shape index (κ1) is 14.0. The summed E-state index contributed by atoms with van der Waals surface area (Å²) >= 11 is 0. The van der Waals surface area contributed by atoms with E-state index in [1.165, 1.54) is 25.7 Å².